The average molecular weight is 286 g/mol. The minimum absolute atomic E-state index is 0.0549. The first kappa shape index (κ1) is 13.9. The summed E-state index contributed by atoms with van der Waals surface area (Å²) in [5.74, 6) is 0.784. The topological polar surface area (TPSA) is 20.3 Å². The first-order chi connectivity index (χ1) is 8.60. The molecule has 0 spiro atoms. The van der Waals surface area contributed by atoms with Crippen molar-refractivity contribution in [3.63, 3.8) is 0 Å². The maximum Gasteiger partial charge on any atom is 0.178 e. The number of Topliss-reactive ketones (excluding diaryl/α,β-unsaturated/α-hetero) is 1. The predicted octanol–water partition coefficient (Wildman–Crippen LogP) is 3.91. The fourth-order valence-corrected chi connectivity index (χ4v) is 2.78. The van der Waals surface area contributed by atoms with Gasteiger partial charge in [0, 0.05) is 17.1 Å². The summed E-state index contributed by atoms with van der Waals surface area (Å²) < 4.78 is 0. The van der Waals surface area contributed by atoms with Crippen LogP contribution >= 0.6 is 23.2 Å². The Hall–Kier alpha value is -0.570. The lowest BCUT2D eigenvalue weighted by atomic mass is 10.1. The van der Waals surface area contributed by atoms with Gasteiger partial charge in [-0.2, -0.15) is 0 Å². The Morgan fingerprint density at radius 2 is 2.22 bits per heavy atom. The highest BCUT2D eigenvalue weighted by Crippen LogP contribution is 2.23. The highest BCUT2D eigenvalue weighted by molar-refractivity contribution is 6.36. The molecule has 0 aromatic heterocycles. The van der Waals surface area contributed by atoms with Gasteiger partial charge in [0.05, 0.1) is 11.6 Å². The molecule has 18 heavy (non-hydrogen) atoms. The lowest BCUT2D eigenvalue weighted by molar-refractivity contribution is 0.0943. The Kier molecular flexibility index (Phi) is 4.66. The molecule has 0 amide bonds. The van der Waals surface area contributed by atoms with Crippen LogP contribution in [0.5, 0.6) is 0 Å². The van der Waals surface area contributed by atoms with Crippen molar-refractivity contribution in [1.82, 2.24) is 4.90 Å². The zero-order valence-corrected chi connectivity index (χ0v) is 12.0. The number of nitrogens with zero attached hydrogens (tertiary/aromatic N) is 1. The fourth-order valence-electron chi connectivity index (χ4n) is 2.39. The molecule has 1 aromatic rings. The van der Waals surface area contributed by atoms with Gasteiger partial charge in [-0.05, 0) is 37.1 Å². The van der Waals surface area contributed by atoms with Crippen LogP contribution in [0.15, 0.2) is 18.2 Å². The molecular weight excluding hydrogens is 269 g/mol. The number of hydrogen-bond acceptors (Lipinski definition) is 2. The van der Waals surface area contributed by atoms with Gasteiger partial charge in [0.15, 0.2) is 5.78 Å². The van der Waals surface area contributed by atoms with E-state index in [2.05, 4.69) is 11.8 Å². The van der Waals surface area contributed by atoms with Gasteiger partial charge >= 0.3 is 0 Å². The third-order valence-corrected chi connectivity index (χ3v) is 4.11. The van der Waals surface area contributed by atoms with Crippen molar-refractivity contribution >= 4 is 29.0 Å². The highest BCUT2D eigenvalue weighted by Gasteiger charge is 2.23. The second kappa shape index (κ2) is 6.05. The van der Waals surface area contributed by atoms with Crippen LogP contribution < -0.4 is 0 Å². The van der Waals surface area contributed by atoms with Crippen LogP contribution in [0, 0.1) is 5.92 Å². The Morgan fingerprint density at radius 1 is 1.44 bits per heavy atom. The Bertz CT molecular complexity index is 447. The van der Waals surface area contributed by atoms with E-state index in [9.17, 15) is 4.79 Å². The van der Waals surface area contributed by atoms with E-state index in [1.54, 1.807) is 18.2 Å². The number of carbonyl (C=O) groups is 1. The molecule has 0 radical (unpaired) electrons. The molecule has 4 heteroatoms. The summed E-state index contributed by atoms with van der Waals surface area (Å²) >= 11 is 11.9. The Morgan fingerprint density at radius 3 is 2.89 bits per heavy atom. The summed E-state index contributed by atoms with van der Waals surface area (Å²) in [4.78, 5) is 14.4. The zero-order valence-electron chi connectivity index (χ0n) is 10.5. The number of halogens is 2. The van der Waals surface area contributed by atoms with Gasteiger partial charge in [-0.3, -0.25) is 9.69 Å². The molecule has 1 saturated heterocycles. The summed E-state index contributed by atoms with van der Waals surface area (Å²) in [5.41, 5.74) is 0.532. The summed E-state index contributed by atoms with van der Waals surface area (Å²) in [6.45, 7) is 4.66. The normalized spacial score (nSPS) is 20.3. The number of carbonyl (C=O) groups excluding carboxylic acids is 1. The molecule has 1 unspecified atom stereocenters. The van der Waals surface area contributed by atoms with Crippen molar-refractivity contribution in [1.29, 1.82) is 0 Å². The van der Waals surface area contributed by atoms with E-state index in [0.29, 0.717) is 22.2 Å². The van der Waals surface area contributed by atoms with E-state index in [1.165, 1.54) is 12.8 Å². The number of hydrogen-bond donors (Lipinski definition) is 0. The van der Waals surface area contributed by atoms with Gasteiger partial charge < -0.3 is 0 Å². The van der Waals surface area contributed by atoms with E-state index >= 15 is 0 Å². The average Bonchev–Trinajstić information content (AvgIpc) is 2.80. The van der Waals surface area contributed by atoms with Crippen LogP contribution in [-0.2, 0) is 0 Å². The van der Waals surface area contributed by atoms with Gasteiger partial charge in [0.1, 0.15) is 0 Å². The molecule has 2 rings (SSSR count). The second-order valence-electron chi connectivity index (χ2n) is 4.85. The summed E-state index contributed by atoms with van der Waals surface area (Å²) in [5, 5.41) is 1.03. The Balaban J connectivity index is 2.02. The third kappa shape index (κ3) is 3.25. The highest BCUT2D eigenvalue weighted by atomic mass is 35.5. The van der Waals surface area contributed by atoms with Crippen molar-refractivity contribution in [3.05, 3.63) is 33.8 Å². The van der Waals surface area contributed by atoms with E-state index < -0.39 is 0 Å². The summed E-state index contributed by atoms with van der Waals surface area (Å²) in [6, 6.07) is 5.03. The quantitative estimate of drug-likeness (QED) is 0.782. The molecule has 1 aliphatic rings. The van der Waals surface area contributed by atoms with Gasteiger partial charge in [0.25, 0.3) is 0 Å². The standard InChI is InChI=1S/C14H17Cl2NO/c1-2-10-5-6-17(8-10)9-14(18)12-7-11(15)3-4-13(12)16/h3-4,7,10H,2,5-6,8-9H2,1H3. The van der Waals surface area contributed by atoms with E-state index in [4.69, 9.17) is 23.2 Å². The monoisotopic (exact) mass is 285 g/mol. The Labute approximate surface area is 118 Å². The van der Waals surface area contributed by atoms with Crippen LogP contribution in [0.25, 0.3) is 0 Å². The number of ketones is 1. The maximum atomic E-state index is 12.2. The van der Waals surface area contributed by atoms with Crippen LogP contribution in [0.4, 0.5) is 0 Å². The van der Waals surface area contributed by atoms with Gasteiger partial charge in [-0.15, -0.1) is 0 Å². The molecular formula is C14H17Cl2NO. The molecule has 0 aliphatic carbocycles. The van der Waals surface area contributed by atoms with Gasteiger partial charge in [-0.1, -0.05) is 36.5 Å². The predicted molar refractivity (Wildman–Crippen MR) is 75.6 cm³/mol. The number of benzene rings is 1. The molecule has 0 bridgehead atoms. The third-order valence-electron chi connectivity index (χ3n) is 3.54. The molecule has 0 saturated carbocycles. The van der Waals surface area contributed by atoms with Crippen LogP contribution in [-0.4, -0.2) is 30.3 Å². The largest absolute Gasteiger partial charge is 0.296 e. The van der Waals surface area contributed by atoms with E-state index in [-0.39, 0.29) is 5.78 Å². The molecule has 1 aromatic carbocycles. The summed E-state index contributed by atoms with van der Waals surface area (Å²) in [7, 11) is 0. The molecule has 0 N–H and O–H groups in total. The van der Waals surface area contributed by atoms with Crippen LogP contribution in [0.2, 0.25) is 10.0 Å². The zero-order chi connectivity index (χ0) is 13.1. The number of rotatable bonds is 4. The minimum atomic E-state index is 0.0549. The van der Waals surface area contributed by atoms with Crippen molar-refractivity contribution in [3.8, 4) is 0 Å². The first-order valence-electron chi connectivity index (χ1n) is 6.30. The van der Waals surface area contributed by atoms with Gasteiger partial charge in [0.2, 0.25) is 0 Å². The lowest BCUT2D eigenvalue weighted by Crippen LogP contribution is -2.28. The van der Waals surface area contributed by atoms with E-state index in [1.807, 2.05) is 0 Å². The maximum absolute atomic E-state index is 12.2. The first-order valence-corrected chi connectivity index (χ1v) is 7.06. The SMILES string of the molecule is CCC1CCN(CC(=O)c2cc(Cl)ccc2Cl)C1. The fraction of sp³-hybridized carbons (Fsp3) is 0.500. The van der Waals surface area contributed by atoms with Crippen molar-refractivity contribution in [2.24, 2.45) is 5.92 Å². The molecule has 1 aliphatic heterocycles. The minimum Gasteiger partial charge on any atom is -0.296 e. The summed E-state index contributed by atoms with van der Waals surface area (Å²) in [6.07, 6.45) is 2.37. The molecule has 98 valence electrons. The number of likely N-dealkylation sites (tertiary alicyclic amines) is 1. The van der Waals surface area contributed by atoms with Crippen molar-refractivity contribution < 1.29 is 4.79 Å². The van der Waals surface area contributed by atoms with Crippen molar-refractivity contribution in [2.45, 2.75) is 19.8 Å². The molecule has 1 heterocycles. The second-order valence-corrected chi connectivity index (χ2v) is 5.69. The van der Waals surface area contributed by atoms with Crippen molar-refractivity contribution in [2.75, 3.05) is 19.6 Å². The molecule has 1 fully saturated rings. The lowest BCUT2D eigenvalue weighted by Gasteiger charge is -2.15. The van der Waals surface area contributed by atoms with E-state index in [0.717, 1.165) is 19.0 Å². The molecule has 1 atom stereocenters. The van der Waals surface area contributed by atoms with Crippen LogP contribution in [0.1, 0.15) is 30.1 Å². The smallest absolute Gasteiger partial charge is 0.178 e. The van der Waals surface area contributed by atoms with Crippen LogP contribution in [0.3, 0.4) is 0 Å². The molecule has 2 nitrogen and oxygen atoms in total. The van der Waals surface area contributed by atoms with Gasteiger partial charge in [-0.25, -0.2) is 0 Å².